The quantitative estimate of drug-likeness (QED) is 0.643. The van der Waals surface area contributed by atoms with Crippen LogP contribution in [0.1, 0.15) is 5.69 Å². The Morgan fingerprint density at radius 3 is 3.08 bits per heavy atom. The first-order valence-corrected chi connectivity index (χ1v) is 4.17. The normalized spacial score (nSPS) is 13.8. The molecule has 2 N–H and O–H groups in total. The topological polar surface area (TPSA) is 49.8 Å². The first kappa shape index (κ1) is 7.61. The predicted octanol–water partition coefficient (Wildman–Crippen LogP) is 1.14. The Hall–Kier alpha value is -1.03. The molecule has 0 bridgehead atoms. The van der Waals surface area contributed by atoms with Gasteiger partial charge in [-0.1, -0.05) is 0 Å². The molecule has 1 aromatic heterocycles. The molecule has 1 aliphatic heterocycles. The summed E-state index contributed by atoms with van der Waals surface area (Å²) in [7, 11) is 1.82. The van der Waals surface area contributed by atoms with E-state index in [2.05, 4.69) is 20.6 Å². The summed E-state index contributed by atoms with van der Waals surface area (Å²) in [5.74, 6) is 0.780. The van der Waals surface area contributed by atoms with E-state index in [-0.39, 0.29) is 0 Å². The Labute approximate surface area is 75.4 Å². The first-order valence-electron chi connectivity index (χ1n) is 3.79. The third-order valence-corrected chi connectivity index (χ3v) is 2.03. The van der Waals surface area contributed by atoms with Crippen LogP contribution >= 0.6 is 11.6 Å². The van der Waals surface area contributed by atoms with E-state index in [1.165, 1.54) is 0 Å². The Balaban J connectivity index is 2.55. The van der Waals surface area contributed by atoms with E-state index >= 15 is 0 Å². The minimum absolute atomic E-state index is 0.307. The van der Waals surface area contributed by atoms with Crippen molar-refractivity contribution in [1.29, 1.82) is 0 Å². The van der Waals surface area contributed by atoms with Gasteiger partial charge in [-0.3, -0.25) is 0 Å². The van der Waals surface area contributed by atoms with Gasteiger partial charge in [-0.05, 0) is 11.6 Å². The van der Waals surface area contributed by atoms with Crippen LogP contribution in [0.2, 0.25) is 5.28 Å². The zero-order chi connectivity index (χ0) is 8.55. The van der Waals surface area contributed by atoms with Gasteiger partial charge in [0, 0.05) is 20.0 Å². The number of aromatic nitrogens is 2. The molecule has 64 valence electrons. The Morgan fingerprint density at radius 2 is 2.33 bits per heavy atom. The van der Waals surface area contributed by atoms with Gasteiger partial charge in [0.05, 0.1) is 11.4 Å². The number of anilines is 2. The van der Waals surface area contributed by atoms with Crippen molar-refractivity contribution in [2.75, 3.05) is 24.2 Å². The van der Waals surface area contributed by atoms with Gasteiger partial charge >= 0.3 is 0 Å². The molecule has 0 spiro atoms. The van der Waals surface area contributed by atoms with Crippen LogP contribution in [-0.2, 0) is 6.42 Å². The van der Waals surface area contributed by atoms with Gasteiger partial charge in [0.1, 0.15) is 0 Å². The largest absolute Gasteiger partial charge is 0.380 e. The minimum Gasteiger partial charge on any atom is -0.380 e. The molecular formula is C7H9ClN4. The summed E-state index contributed by atoms with van der Waals surface area (Å²) in [5, 5.41) is 6.48. The van der Waals surface area contributed by atoms with E-state index < -0.39 is 0 Å². The number of fused-ring (bicyclic) bond motifs is 1. The molecule has 0 unspecified atom stereocenters. The molecule has 0 atom stereocenters. The maximum Gasteiger partial charge on any atom is 0.224 e. The Morgan fingerprint density at radius 1 is 1.50 bits per heavy atom. The minimum atomic E-state index is 0.307. The fourth-order valence-electron chi connectivity index (χ4n) is 1.33. The second-order valence-electron chi connectivity index (χ2n) is 2.59. The highest BCUT2D eigenvalue weighted by molar-refractivity contribution is 6.28. The molecule has 0 amide bonds. The molecular weight excluding hydrogens is 176 g/mol. The second kappa shape index (κ2) is 2.79. The fraction of sp³-hybridized carbons (Fsp3) is 0.429. The zero-order valence-electron chi connectivity index (χ0n) is 6.69. The number of hydrogen-bond donors (Lipinski definition) is 2. The lowest BCUT2D eigenvalue weighted by Gasteiger charge is -2.05. The summed E-state index contributed by atoms with van der Waals surface area (Å²) < 4.78 is 0. The molecule has 2 rings (SSSR count). The number of nitrogens with one attached hydrogen (secondary N) is 2. The summed E-state index contributed by atoms with van der Waals surface area (Å²) in [6.07, 6.45) is 0.923. The maximum absolute atomic E-state index is 5.72. The standard InChI is InChI=1S/C7H9ClN4/c1-9-6-5-4(2-3-10-5)11-7(8)12-6/h10H,2-3H2,1H3,(H,9,11,12). The lowest BCUT2D eigenvalue weighted by atomic mass is 10.3. The molecule has 0 saturated heterocycles. The van der Waals surface area contributed by atoms with Gasteiger partial charge in [-0.25, -0.2) is 4.98 Å². The summed E-state index contributed by atoms with van der Waals surface area (Å²) in [6.45, 7) is 0.916. The molecule has 12 heavy (non-hydrogen) atoms. The smallest absolute Gasteiger partial charge is 0.224 e. The van der Waals surface area contributed by atoms with Gasteiger partial charge in [0.25, 0.3) is 0 Å². The lowest BCUT2D eigenvalue weighted by Crippen LogP contribution is -2.00. The van der Waals surface area contributed by atoms with Crippen LogP contribution in [-0.4, -0.2) is 23.6 Å². The highest BCUT2D eigenvalue weighted by atomic mass is 35.5. The van der Waals surface area contributed by atoms with Crippen LogP contribution in [0.25, 0.3) is 0 Å². The molecule has 2 heterocycles. The molecule has 0 aliphatic carbocycles. The zero-order valence-corrected chi connectivity index (χ0v) is 7.44. The van der Waals surface area contributed by atoms with Crippen LogP contribution in [0, 0.1) is 0 Å². The van der Waals surface area contributed by atoms with E-state index in [4.69, 9.17) is 11.6 Å². The van der Waals surface area contributed by atoms with E-state index in [0.717, 1.165) is 30.2 Å². The Bertz CT molecular complexity index is 313. The van der Waals surface area contributed by atoms with Crippen molar-refractivity contribution in [3.63, 3.8) is 0 Å². The first-order chi connectivity index (χ1) is 5.81. The molecule has 5 heteroatoms. The fourth-order valence-corrected chi connectivity index (χ4v) is 1.52. The number of halogens is 1. The number of nitrogens with zero attached hydrogens (tertiary/aromatic N) is 2. The molecule has 0 radical (unpaired) electrons. The number of hydrogen-bond acceptors (Lipinski definition) is 4. The van der Waals surface area contributed by atoms with Crippen LogP contribution in [0.3, 0.4) is 0 Å². The van der Waals surface area contributed by atoms with Crippen LogP contribution < -0.4 is 10.6 Å². The van der Waals surface area contributed by atoms with Gasteiger partial charge in [-0.15, -0.1) is 0 Å². The van der Waals surface area contributed by atoms with Crippen molar-refractivity contribution in [2.24, 2.45) is 0 Å². The summed E-state index contributed by atoms with van der Waals surface area (Å²) in [4.78, 5) is 8.16. The van der Waals surface area contributed by atoms with Crippen molar-refractivity contribution in [3.05, 3.63) is 11.0 Å². The Kier molecular flexibility index (Phi) is 1.77. The van der Waals surface area contributed by atoms with Crippen LogP contribution in [0.4, 0.5) is 11.5 Å². The molecule has 0 aromatic carbocycles. The summed E-state index contributed by atoms with van der Waals surface area (Å²) >= 11 is 5.72. The van der Waals surface area contributed by atoms with Gasteiger partial charge < -0.3 is 10.6 Å². The van der Waals surface area contributed by atoms with Gasteiger partial charge in [-0.2, -0.15) is 4.98 Å². The van der Waals surface area contributed by atoms with E-state index in [9.17, 15) is 0 Å². The SMILES string of the molecule is CNc1nc(Cl)nc2c1NCC2. The van der Waals surface area contributed by atoms with Crippen molar-refractivity contribution in [3.8, 4) is 0 Å². The van der Waals surface area contributed by atoms with Crippen molar-refractivity contribution in [1.82, 2.24) is 9.97 Å². The second-order valence-corrected chi connectivity index (χ2v) is 2.93. The van der Waals surface area contributed by atoms with Crippen LogP contribution in [0.15, 0.2) is 0 Å². The average Bonchev–Trinajstić information content (AvgIpc) is 2.50. The van der Waals surface area contributed by atoms with Crippen molar-refractivity contribution < 1.29 is 0 Å². The van der Waals surface area contributed by atoms with E-state index in [0.29, 0.717) is 5.28 Å². The van der Waals surface area contributed by atoms with E-state index in [1.54, 1.807) is 0 Å². The van der Waals surface area contributed by atoms with Crippen molar-refractivity contribution >= 4 is 23.1 Å². The predicted molar refractivity (Wildman–Crippen MR) is 48.8 cm³/mol. The third kappa shape index (κ3) is 1.08. The average molecular weight is 185 g/mol. The molecule has 0 fully saturated rings. The third-order valence-electron chi connectivity index (χ3n) is 1.86. The molecule has 1 aromatic rings. The maximum atomic E-state index is 5.72. The van der Waals surface area contributed by atoms with Crippen LogP contribution in [0.5, 0.6) is 0 Å². The van der Waals surface area contributed by atoms with Gasteiger partial charge in [0.2, 0.25) is 5.28 Å². The lowest BCUT2D eigenvalue weighted by molar-refractivity contribution is 1.02. The summed E-state index contributed by atoms with van der Waals surface area (Å²) in [6, 6.07) is 0. The highest BCUT2D eigenvalue weighted by Crippen LogP contribution is 2.28. The van der Waals surface area contributed by atoms with Crippen molar-refractivity contribution in [2.45, 2.75) is 6.42 Å². The van der Waals surface area contributed by atoms with Gasteiger partial charge in [0.15, 0.2) is 5.82 Å². The molecule has 1 aliphatic rings. The van der Waals surface area contributed by atoms with E-state index in [1.807, 2.05) is 7.05 Å². The number of rotatable bonds is 1. The molecule has 0 saturated carbocycles. The highest BCUT2D eigenvalue weighted by Gasteiger charge is 2.17. The summed E-state index contributed by atoms with van der Waals surface area (Å²) in [5.41, 5.74) is 1.99. The molecule has 4 nitrogen and oxygen atoms in total. The monoisotopic (exact) mass is 184 g/mol.